The largest absolute Gasteiger partial charge is 0.310 e. The molecule has 0 saturated carbocycles. The Kier molecular flexibility index (Phi) is 8.92. The second kappa shape index (κ2) is 14.5. The van der Waals surface area contributed by atoms with Crippen LogP contribution in [-0.2, 0) is 28.7 Å². The van der Waals surface area contributed by atoms with E-state index in [1.165, 1.54) is 148 Å². The van der Waals surface area contributed by atoms with E-state index in [2.05, 4.69) is 249 Å². The van der Waals surface area contributed by atoms with Crippen LogP contribution in [0, 0.1) is 6.92 Å². The predicted molar refractivity (Wildman–Crippen MR) is 314 cm³/mol. The Morgan fingerprint density at radius 1 is 0.493 bits per heavy atom. The molecule has 3 aliphatic rings. The van der Waals surface area contributed by atoms with Crippen LogP contribution in [-0.4, -0.2) is 15.7 Å². The second-order valence-electron chi connectivity index (χ2n) is 25.8. The third-order valence-corrected chi connectivity index (χ3v) is 18.1. The van der Waals surface area contributed by atoms with Gasteiger partial charge in [0.05, 0.1) is 29.3 Å². The molecule has 0 unspecified atom stereocenters. The Morgan fingerprint density at radius 3 is 1.88 bits per heavy atom. The first-order valence-corrected chi connectivity index (χ1v) is 27.3. The molecule has 360 valence electrons. The lowest BCUT2D eigenvalue weighted by atomic mass is 9.33. The summed E-state index contributed by atoms with van der Waals surface area (Å²) >= 11 is 1.97. The average molecular weight is 968 g/mol. The zero-order valence-corrected chi connectivity index (χ0v) is 45.8. The fourth-order valence-corrected chi connectivity index (χ4v) is 14.2. The Hall–Kier alpha value is -6.76. The lowest BCUT2D eigenvalue weighted by molar-refractivity contribution is -0.617. The summed E-state index contributed by atoms with van der Waals surface area (Å²) in [7, 11) is 2.26. The van der Waals surface area contributed by atoms with E-state index < -0.39 is 0 Å². The standard InChI is InChI=1S/C67H64BN4S/c1-37-19-17-22-45-44-20-15-16-23-50(44)72-61-43(21-18-24-53(61)69(14)63(72)58(37)45)38-29-54-59-55(30-38)71-52-28-26-40(65(5,6)7)35-56(52)73-57-36-42(67(11,12)13)34-49(62(57)71)68(59)48-33-41(66(8,9)10)32-47-46-31-39(64(2,3)4)25-27-51(46)70(54)60(47)48/h15-36H,1-14H3/q+1. The number of fused-ring (bicyclic) bond motifs is 17. The SMILES string of the molecule is Cc1cccc2c3ccccc3n3c4c(-c5cc6c7c(c5)-n5c8ccc(C(C)(C)C)cc8c8cc(C(C)(C)C)cc(c85)B7c5cc(C(C)(C)C)cc7c5N6c5ccc(C(C)(C)C)cc5S7)cccc4[n+](C)c3c12. The van der Waals surface area contributed by atoms with Crippen molar-refractivity contribution in [2.24, 2.45) is 7.05 Å². The molecule has 0 bridgehead atoms. The maximum absolute atomic E-state index is 2.69. The highest BCUT2D eigenvalue weighted by Crippen LogP contribution is 2.55. The third kappa shape index (κ3) is 6.14. The van der Waals surface area contributed by atoms with Crippen LogP contribution >= 0.6 is 11.8 Å². The van der Waals surface area contributed by atoms with Crippen molar-refractivity contribution in [3.8, 4) is 16.8 Å². The number of imidazole rings is 1. The molecule has 3 aliphatic heterocycles. The summed E-state index contributed by atoms with van der Waals surface area (Å²) in [5.74, 6) is 0. The molecule has 8 aromatic carbocycles. The summed E-state index contributed by atoms with van der Waals surface area (Å²) in [6, 6.07) is 52.9. The Labute approximate surface area is 434 Å². The molecule has 3 aromatic heterocycles. The third-order valence-electron chi connectivity index (χ3n) is 17.0. The number of rotatable bonds is 1. The number of pyridine rings is 1. The van der Waals surface area contributed by atoms with Crippen LogP contribution in [0.1, 0.15) is 111 Å². The van der Waals surface area contributed by atoms with Crippen molar-refractivity contribution >= 4 is 112 Å². The first-order valence-electron chi connectivity index (χ1n) is 26.4. The number of anilines is 3. The highest BCUT2D eigenvalue weighted by molar-refractivity contribution is 7.99. The van der Waals surface area contributed by atoms with E-state index in [1.54, 1.807) is 0 Å². The van der Waals surface area contributed by atoms with Crippen molar-refractivity contribution in [1.29, 1.82) is 0 Å². The molecule has 0 saturated heterocycles. The molecule has 0 spiro atoms. The minimum Gasteiger partial charge on any atom is -0.310 e. The van der Waals surface area contributed by atoms with E-state index in [9.17, 15) is 0 Å². The van der Waals surface area contributed by atoms with E-state index in [-0.39, 0.29) is 28.4 Å². The fourth-order valence-electron chi connectivity index (χ4n) is 13.0. The van der Waals surface area contributed by atoms with Crippen LogP contribution in [0.5, 0.6) is 0 Å². The van der Waals surface area contributed by atoms with Crippen molar-refractivity contribution in [2.45, 2.75) is 121 Å². The Bertz CT molecular complexity index is 4310. The summed E-state index contributed by atoms with van der Waals surface area (Å²) in [5, 5.41) is 6.53. The summed E-state index contributed by atoms with van der Waals surface area (Å²) in [6.45, 7) is 30.7. The number of para-hydroxylation sites is 2. The minimum absolute atomic E-state index is 0.00534. The van der Waals surface area contributed by atoms with E-state index in [1.807, 2.05) is 11.8 Å². The van der Waals surface area contributed by atoms with Crippen molar-refractivity contribution < 1.29 is 4.57 Å². The van der Waals surface area contributed by atoms with Crippen LogP contribution in [0.2, 0.25) is 0 Å². The normalized spacial score (nSPS) is 14.3. The molecular weight excluding hydrogens is 904 g/mol. The molecular formula is C67H64BN4S+. The van der Waals surface area contributed by atoms with E-state index >= 15 is 0 Å². The molecule has 14 rings (SSSR count). The molecule has 0 atom stereocenters. The van der Waals surface area contributed by atoms with E-state index in [0.717, 1.165) is 0 Å². The van der Waals surface area contributed by atoms with Crippen LogP contribution < -0.4 is 25.9 Å². The maximum atomic E-state index is 2.69. The minimum atomic E-state index is -0.0660. The summed E-state index contributed by atoms with van der Waals surface area (Å²) in [6.07, 6.45) is 0. The van der Waals surface area contributed by atoms with Crippen molar-refractivity contribution in [1.82, 2.24) is 8.97 Å². The molecule has 0 amide bonds. The second-order valence-corrected chi connectivity index (χ2v) is 26.9. The zero-order valence-electron chi connectivity index (χ0n) is 45.0. The number of aryl methyl sites for hydroxylation is 2. The van der Waals surface area contributed by atoms with Gasteiger partial charge < -0.3 is 9.47 Å². The summed E-state index contributed by atoms with van der Waals surface area (Å²) in [4.78, 5) is 5.34. The molecule has 11 aromatic rings. The van der Waals surface area contributed by atoms with Gasteiger partial charge in [0.1, 0.15) is 5.52 Å². The maximum Gasteiger partial charge on any atom is 0.295 e. The van der Waals surface area contributed by atoms with E-state index in [4.69, 9.17) is 0 Å². The number of nitrogens with zero attached hydrogens (tertiary/aromatic N) is 4. The van der Waals surface area contributed by atoms with E-state index in [0.29, 0.717) is 0 Å². The summed E-state index contributed by atoms with van der Waals surface area (Å²) in [5.41, 5.74) is 25.8. The van der Waals surface area contributed by atoms with Gasteiger partial charge in [-0.1, -0.05) is 162 Å². The van der Waals surface area contributed by atoms with Crippen LogP contribution in [0.25, 0.3) is 77.0 Å². The molecule has 4 nitrogen and oxygen atoms in total. The molecule has 0 fully saturated rings. The van der Waals surface area contributed by atoms with Crippen LogP contribution in [0.15, 0.2) is 143 Å². The van der Waals surface area contributed by atoms with Crippen molar-refractivity contribution in [3.05, 3.63) is 161 Å². The van der Waals surface area contributed by atoms with Crippen LogP contribution in [0.4, 0.5) is 17.1 Å². The molecule has 6 heterocycles. The van der Waals surface area contributed by atoms with Crippen LogP contribution in [0.3, 0.4) is 0 Å². The Balaban J connectivity index is 1.19. The smallest absolute Gasteiger partial charge is 0.295 e. The summed E-state index contributed by atoms with van der Waals surface area (Å²) < 4.78 is 7.70. The average Bonchev–Trinajstić information content (AvgIpc) is 3.84. The fraction of sp³-hybridized carbons (Fsp3) is 0.269. The van der Waals surface area contributed by atoms with Gasteiger partial charge in [-0.15, -0.1) is 0 Å². The van der Waals surface area contributed by atoms with Gasteiger partial charge in [0.15, 0.2) is 11.0 Å². The molecule has 0 aliphatic carbocycles. The predicted octanol–water partition coefficient (Wildman–Crippen LogP) is 15.6. The molecule has 6 heteroatoms. The quantitative estimate of drug-likeness (QED) is 0.0926. The van der Waals surface area contributed by atoms with Gasteiger partial charge in [-0.25, -0.2) is 4.57 Å². The Morgan fingerprint density at radius 2 is 1.12 bits per heavy atom. The number of hydrogen-bond acceptors (Lipinski definition) is 2. The number of hydrogen-bond donors (Lipinski definition) is 0. The number of benzene rings is 8. The number of aromatic nitrogens is 3. The zero-order chi connectivity index (χ0) is 50.7. The van der Waals surface area contributed by atoms with Gasteiger partial charge in [-0.05, 0) is 145 Å². The molecule has 73 heavy (non-hydrogen) atoms. The lowest BCUT2D eigenvalue weighted by Crippen LogP contribution is -2.61. The highest BCUT2D eigenvalue weighted by Gasteiger charge is 2.46. The van der Waals surface area contributed by atoms with Gasteiger partial charge >= 0.3 is 0 Å². The van der Waals surface area contributed by atoms with Gasteiger partial charge in [0, 0.05) is 53.8 Å². The monoisotopic (exact) mass is 967 g/mol. The van der Waals surface area contributed by atoms with Crippen molar-refractivity contribution in [3.63, 3.8) is 0 Å². The van der Waals surface area contributed by atoms with Crippen molar-refractivity contribution in [2.75, 3.05) is 4.90 Å². The van der Waals surface area contributed by atoms with Gasteiger partial charge in [-0.3, -0.25) is 0 Å². The molecule has 0 radical (unpaired) electrons. The first-order chi connectivity index (χ1) is 34.6. The first kappa shape index (κ1) is 44.9. The van der Waals surface area contributed by atoms with Gasteiger partial charge in [0.25, 0.3) is 12.4 Å². The van der Waals surface area contributed by atoms with Gasteiger partial charge in [-0.2, -0.15) is 4.40 Å². The lowest BCUT2D eigenvalue weighted by Gasteiger charge is -2.45. The molecule has 0 N–H and O–H groups in total. The van der Waals surface area contributed by atoms with Gasteiger partial charge in [0.2, 0.25) is 0 Å². The highest BCUT2D eigenvalue weighted by atomic mass is 32.2. The topological polar surface area (TPSA) is 16.5 Å².